The minimum atomic E-state index is -0.108. The Kier molecular flexibility index (Phi) is 5.64. The second-order valence-corrected chi connectivity index (χ2v) is 8.93. The van der Waals surface area contributed by atoms with Crippen LogP contribution in [0.25, 0.3) is 11.4 Å². The highest BCUT2D eigenvalue weighted by Crippen LogP contribution is 2.52. The summed E-state index contributed by atoms with van der Waals surface area (Å²) in [5.74, 6) is 2.98. The molecule has 1 N–H and O–H groups in total. The van der Waals surface area contributed by atoms with Crippen LogP contribution in [0.3, 0.4) is 0 Å². The number of Topliss-reactive ketones (excluding diaryl/α,β-unsaturated/α-hetero) is 1. The number of hydrogen-bond acceptors (Lipinski definition) is 9. The van der Waals surface area contributed by atoms with Crippen molar-refractivity contribution < 1.29 is 9.32 Å². The van der Waals surface area contributed by atoms with Crippen LogP contribution < -0.4 is 5.32 Å². The summed E-state index contributed by atoms with van der Waals surface area (Å²) in [4.78, 5) is 29.9. The smallest absolute Gasteiger partial charge is 0.238 e. The summed E-state index contributed by atoms with van der Waals surface area (Å²) in [5, 5.41) is 11.2. The third-order valence-electron chi connectivity index (χ3n) is 6.55. The van der Waals surface area contributed by atoms with Gasteiger partial charge in [0, 0.05) is 31.1 Å². The fraction of sp³-hybridized carbons (Fsp3) is 0.375. The Morgan fingerprint density at radius 2 is 2.00 bits per heavy atom. The first-order chi connectivity index (χ1) is 16.4. The van der Waals surface area contributed by atoms with E-state index >= 15 is 0 Å². The molecule has 0 amide bonds. The SMILES string of the molecule is Cc1cc(-c2ncnc(Nc3cnn(C)c3)n2)ccc1CCC(=O)c1noc(C2[C@@H](C)[C@H]2C)n1. The largest absolute Gasteiger partial charge is 0.339 e. The van der Waals surface area contributed by atoms with E-state index in [1.807, 2.05) is 38.4 Å². The molecule has 3 heterocycles. The molecule has 0 saturated heterocycles. The summed E-state index contributed by atoms with van der Waals surface area (Å²) in [6, 6.07) is 5.98. The first-order valence-electron chi connectivity index (χ1n) is 11.3. The molecule has 0 spiro atoms. The van der Waals surface area contributed by atoms with Crippen LogP contribution in [-0.4, -0.2) is 40.7 Å². The summed E-state index contributed by atoms with van der Waals surface area (Å²) >= 11 is 0. The summed E-state index contributed by atoms with van der Waals surface area (Å²) in [6.45, 7) is 6.33. The van der Waals surface area contributed by atoms with Gasteiger partial charge in [-0.15, -0.1) is 0 Å². The number of nitrogens with zero attached hydrogens (tertiary/aromatic N) is 7. The summed E-state index contributed by atoms with van der Waals surface area (Å²) in [6.07, 6.45) is 5.93. The molecule has 1 saturated carbocycles. The predicted octanol–water partition coefficient (Wildman–Crippen LogP) is 3.89. The van der Waals surface area contributed by atoms with Crippen molar-refractivity contribution in [2.75, 3.05) is 5.32 Å². The van der Waals surface area contributed by atoms with Crippen LogP contribution in [0.1, 0.15) is 53.8 Å². The maximum Gasteiger partial charge on any atom is 0.238 e. The fourth-order valence-electron chi connectivity index (χ4n) is 4.18. The van der Waals surface area contributed by atoms with Crippen molar-refractivity contribution in [2.45, 2.75) is 39.5 Å². The third kappa shape index (κ3) is 4.43. The Morgan fingerprint density at radius 1 is 1.18 bits per heavy atom. The lowest BCUT2D eigenvalue weighted by Crippen LogP contribution is -2.05. The van der Waals surface area contributed by atoms with Crippen molar-refractivity contribution in [1.29, 1.82) is 0 Å². The van der Waals surface area contributed by atoms with Gasteiger partial charge < -0.3 is 9.84 Å². The number of carbonyl (C=O) groups is 1. The van der Waals surface area contributed by atoms with Crippen LogP contribution in [0.5, 0.6) is 0 Å². The average molecular weight is 459 g/mol. The molecule has 3 aromatic heterocycles. The lowest BCUT2D eigenvalue weighted by atomic mass is 9.99. The maximum absolute atomic E-state index is 12.6. The Hall–Kier alpha value is -3.95. The molecule has 0 aliphatic heterocycles. The number of hydrogen-bond donors (Lipinski definition) is 1. The van der Waals surface area contributed by atoms with Crippen LogP contribution in [0.2, 0.25) is 0 Å². The van der Waals surface area contributed by atoms with E-state index < -0.39 is 0 Å². The Balaban J connectivity index is 1.23. The zero-order chi connectivity index (χ0) is 23.8. The molecular formula is C24H26N8O2. The van der Waals surface area contributed by atoms with Crippen molar-refractivity contribution in [1.82, 2.24) is 34.9 Å². The molecule has 5 rings (SSSR count). The Labute approximate surface area is 196 Å². The molecule has 3 atom stereocenters. The highest BCUT2D eigenvalue weighted by atomic mass is 16.5. The second kappa shape index (κ2) is 8.77. The van der Waals surface area contributed by atoms with E-state index in [4.69, 9.17) is 4.52 Å². The molecule has 1 aromatic carbocycles. The van der Waals surface area contributed by atoms with Crippen molar-refractivity contribution in [3.05, 3.63) is 59.8 Å². The topological polar surface area (TPSA) is 125 Å². The molecule has 0 bridgehead atoms. The van der Waals surface area contributed by atoms with E-state index in [2.05, 4.69) is 49.4 Å². The van der Waals surface area contributed by atoms with E-state index in [-0.39, 0.29) is 17.5 Å². The number of anilines is 2. The van der Waals surface area contributed by atoms with Crippen LogP contribution in [0, 0.1) is 18.8 Å². The highest BCUT2D eigenvalue weighted by molar-refractivity contribution is 5.92. The first kappa shape index (κ1) is 21.9. The number of nitrogens with one attached hydrogen (secondary N) is 1. The van der Waals surface area contributed by atoms with Crippen LogP contribution in [0.4, 0.5) is 11.6 Å². The van der Waals surface area contributed by atoms with E-state index in [0.717, 1.165) is 22.4 Å². The number of ketones is 1. The van der Waals surface area contributed by atoms with Gasteiger partial charge in [0.05, 0.1) is 11.9 Å². The van der Waals surface area contributed by atoms with Crippen molar-refractivity contribution in [3.63, 3.8) is 0 Å². The van der Waals surface area contributed by atoms with Crippen LogP contribution in [0.15, 0.2) is 41.4 Å². The van der Waals surface area contributed by atoms with Gasteiger partial charge in [0.25, 0.3) is 0 Å². The zero-order valence-corrected chi connectivity index (χ0v) is 19.6. The predicted molar refractivity (Wildman–Crippen MR) is 125 cm³/mol. The lowest BCUT2D eigenvalue weighted by molar-refractivity contribution is 0.0970. The first-order valence-corrected chi connectivity index (χ1v) is 11.3. The van der Waals surface area contributed by atoms with Gasteiger partial charge in [-0.2, -0.15) is 15.1 Å². The minimum Gasteiger partial charge on any atom is -0.339 e. The zero-order valence-electron chi connectivity index (χ0n) is 19.6. The van der Waals surface area contributed by atoms with Gasteiger partial charge in [0.1, 0.15) is 6.33 Å². The van der Waals surface area contributed by atoms with Gasteiger partial charge >= 0.3 is 0 Å². The molecular weight excluding hydrogens is 432 g/mol. The lowest BCUT2D eigenvalue weighted by Gasteiger charge is -2.08. The quantitative estimate of drug-likeness (QED) is 0.391. The summed E-state index contributed by atoms with van der Waals surface area (Å²) in [5.41, 5.74) is 3.81. The molecule has 1 unspecified atom stereocenters. The van der Waals surface area contributed by atoms with Gasteiger partial charge in [0.15, 0.2) is 5.82 Å². The number of benzene rings is 1. The number of carbonyl (C=O) groups excluding carboxylic acids is 1. The molecule has 0 radical (unpaired) electrons. The highest BCUT2D eigenvalue weighted by Gasteiger charge is 2.48. The van der Waals surface area contributed by atoms with Crippen LogP contribution >= 0.6 is 0 Å². The van der Waals surface area contributed by atoms with Gasteiger partial charge in [0.2, 0.25) is 23.4 Å². The summed E-state index contributed by atoms with van der Waals surface area (Å²) in [7, 11) is 1.84. The van der Waals surface area contributed by atoms with Gasteiger partial charge in [-0.3, -0.25) is 9.48 Å². The molecule has 10 heteroatoms. The molecule has 1 fully saturated rings. The molecule has 1 aliphatic carbocycles. The van der Waals surface area contributed by atoms with Crippen molar-refractivity contribution in [3.8, 4) is 11.4 Å². The van der Waals surface area contributed by atoms with E-state index in [9.17, 15) is 4.79 Å². The fourth-order valence-corrected chi connectivity index (χ4v) is 4.18. The molecule has 174 valence electrons. The Bertz CT molecular complexity index is 1340. The normalized spacial score (nSPS) is 19.2. The minimum absolute atomic E-state index is 0.108. The molecule has 10 nitrogen and oxygen atoms in total. The van der Waals surface area contributed by atoms with E-state index in [0.29, 0.717) is 42.3 Å². The van der Waals surface area contributed by atoms with Crippen LogP contribution in [-0.2, 0) is 13.5 Å². The standard InChI is InChI=1S/C24H26N8O2/c1-13-9-17(21-25-12-26-24(30-21)28-18-10-27-32(4)11-18)6-5-16(13)7-8-19(33)22-29-23(34-31-22)20-14(2)15(20)3/h5-6,9-12,14-15,20H,7-8H2,1-4H3,(H,25,26,28,30)/t14-,15+,20?. The van der Waals surface area contributed by atoms with Gasteiger partial charge in [-0.1, -0.05) is 31.1 Å². The van der Waals surface area contributed by atoms with Gasteiger partial charge in [-0.25, -0.2) is 9.97 Å². The Morgan fingerprint density at radius 3 is 2.71 bits per heavy atom. The molecule has 4 aromatic rings. The van der Waals surface area contributed by atoms with Crippen molar-refractivity contribution in [2.24, 2.45) is 18.9 Å². The third-order valence-corrected chi connectivity index (χ3v) is 6.55. The number of rotatable bonds is 8. The maximum atomic E-state index is 12.6. The van der Waals surface area contributed by atoms with E-state index in [1.54, 1.807) is 10.9 Å². The number of aryl methyl sites for hydroxylation is 3. The van der Waals surface area contributed by atoms with E-state index in [1.165, 1.54) is 6.33 Å². The molecule has 1 aliphatic rings. The monoisotopic (exact) mass is 458 g/mol. The molecule has 34 heavy (non-hydrogen) atoms. The second-order valence-electron chi connectivity index (χ2n) is 8.93. The summed E-state index contributed by atoms with van der Waals surface area (Å²) < 4.78 is 7.03. The van der Waals surface area contributed by atoms with Gasteiger partial charge in [-0.05, 0) is 42.4 Å². The average Bonchev–Trinajstić information content (AvgIpc) is 3.20. The number of aromatic nitrogens is 7. The van der Waals surface area contributed by atoms with Crippen molar-refractivity contribution >= 4 is 17.4 Å².